The van der Waals surface area contributed by atoms with Crippen molar-refractivity contribution in [2.24, 2.45) is 0 Å². The molecular weight excluding hydrogens is 266 g/mol. The van der Waals surface area contributed by atoms with Crippen molar-refractivity contribution >= 4 is 11.8 Å². The van der Waals surface area contributed by atoms with Gasteiger partial charge in [-0.3, -0.25) is 0 Å². The Morgan fingerprint density at radius 3 is 2.45 bits per heavy atom. The minimum atomic E-state index is 0.284. The molecule has 0 aliphatic heterocycles. The van der Waals surface area contributed by atoms with Crippen LogP contribution in [0.15, 0.2) is 24.3 Å². The predicted molar refractivity (Wildman–Crippen MR) is 90.5 cm³/mol. The van der Waals surface area contributed by atoms with E-state index in [0.29, 0.717) is 11.3 Å². The molecule has 1 rings (SSSR count). The SMILES string of the molecule is CCCNC(CSC(C)CCO)c1ccc(CC)cc1. The van der Waals surface area contributed by atoms with Crippen molar-refractivity contribution in [2.45, 2.75) is 51.3 Å². The molecule has 0 bridgehead atoms. The summed E-state index contributed by atoms with van der Waals surface area (Å²) in [6.45, 7) is 7.92. The Labute approximate surface area is 128 Å². The highest BCUT2D eigenvalue weighted by atomic mass is 32.2. The van der Waals surface area contributed by atoms with Crippen LogP contribution in [0.2, 0.25) is 0 Å². The average molecular weight is 295 g/mol. The maximum absolute atomic E-state index is 8.99. The van der Waals surface area contributed by atoms with Gasteiger partial charge in [-0.15, -0.1) is 0 Å². The Morgan fingerprint density at radius 1 is 1.20 bits per heavy atom. The highest BCUT2D eigenvalue weighted by Crippen LogP contribution is 2.23. The van der Waals surface area contributed by atoms with E-state index in [1.807, 2.05) is 11.8 Å². The first kappa shape index (κ1) is 17.5. The number of nitrogens with one attached hydrogen (secondary N) is 1. The number of hydrogen-bond acceptors (Lipinski definition) is 3. The topological polar surface area (TPSA) is 32.3 Å². The van der Waals surface area contributed by atoms with Crippen molar-refractivity contribution in [3.05, 3.63) is 35.4 Å². The van der Waals surface area contributed by atoms with E-state index < -0.39 is 0 Å². The molecule has 0 aliphatic rings. The van der Waals surface area contributed by atoms with Gasteiger partial charge in [0, 0.05) is 23.7 Å². The van der Waals surface area contributed by atoms with E-state index in [0.717, 1.165) is 31.6 Å². The van der Waals surface area contributed by atoms with Crippen LogP contribution < -0.4 is 5.32 Å². The van der Waals surface area contributed by atoms with Crippen LogP contribution in [0.4, 0.5) is 0 Å². The van der Waals surface area contributed by atoms with E-state index in [9.17, 15) is 0 Å². The summed E-state index contributed by atoms with van der Waals surface area (Å²) in [5.74, 6) is 1.06. The summed E-state index contributed by atoms with van der Waals surface area (Å²) >= 11 is 1.94. The van der Waals surface area contributed by atoms with Crippen molar-refractivity contribution < 1.29 is 5.11 Å². The van der Waals surface area contributed by atoms with E-state index in [-0.39, 0.29) is 6.61 Å². The van der Waals surface area contributed by atoms with Crippen LogP contribution in [-0.4, -0.2) is 29.3 Å². The monoisotopic (exact) mass is 295 g/mol. The Morgan fingerprint density at radius 2 is 1.90 bits per heavy atom. The van der Waals surface area contributed by atoms with Gasteiger partial charge >= 0.3 is 0 Å². The molecule has 1 aromatic carbocycles. The van der Waals surface area contributed by atoms with Crippen molar-refractivity contribution in [1.82, 2.24) is 5.32 Å². The first-order valence-corrected chi connectivity index (χ1v) is 8.80. The van der Waals surface area contributed by atoms with Crippen molar-refractivity contribution in [2.75, 3.05) is 18.9 Å². The molecule has 2 nitrogen and oxygen atoms in total. The molecule has 2 N–H and O–H groups in total. The third kappa shape index (κ3) is 6.29. The van der Waals surface area contributed by atoms with Crippen LogP contribution in [0.25, 0.3) is 0 Å². The second-order valence-corrected chi connectivity index (χ2v) is 6.73. The second-order valence-electron chi connectivity index (χ2n) is 5.26. The molecule has 0 spiro atoms. The summed E-state index contributed by atoms with van der Waals surface area (Å²) in [6, 6.07) is 9.38. The lowest BCUT2D eigenvalue weighted by Gasteiger charge is -2.21. The number of rotatable bonds is 10. The zero-order chi connectivity index (χ0) is 14.8. The van der Waals surface area contributed by atoms with E-state index in [1.165, 1.54) is 11.1 Å². The Hall–Kier alpha value is -0.510. The number of benzene rings is 1. The Kier molecular flexibility index (Phi) is 8.99. The van der Waals surface area contributed by atoms with Gasteiger partial charge < -0.3 is 10.4 Å². The average Bonchev–Trinajstić information content (AvgIpc) is 2.48. The van der Waals surface area contributed by atoms with Gasteiger partial charge in [-0.25, -0.2) is 0 Å². The van der Waals surface area contributed by atoms with Gasteiger partial charge in [0.2, 0.25) is 0 Å². The molecule has 2 unspecified atom stereocenters. The largest absolute Gasteiger partial charge is 0.396 e. The first-order chi connectivity index (χ1) is 9.71. The van der Waals surface area contributed by atoms with Crippen molar-refractivity contribution in [3.63, 3.8) is 0 Å². The molecule has 3 heteroatoms. The zero-order valence-corrected chi connectivity index (χ0v) is 13.9. The quantitative estimate of drug-likeness (QED) is 0.689. The van der Waals surface area contributed by atoms with Crippen molar-refractivity contribution in [1.29, 1.82) is 0 Å². The Bertz CT molecular complexity index is 353. The van der Waals surface area contributed by atoms with Crippen LogP contribution in [0.3, 0.4) is 0 Å². The van der Waals surface area contributed by atoms with Crippen LogP contribution >= 0.6 is 11.8 Å². The molecule has 0 aliphatic carbocycles. The van der Waals surface area contributed by atoms with Crippen LogP contribution in [-0.2, 0) is 6.42 Å². The van der Waals surface area contributed by atoms with Crippen LogP contribution in [0.1, 0.15) is 50.8 Å². The predicted octanol–water partition coefficient (Wildman–Crippen LogP) is 3.79. The lowest BCUT2D eigenvalue weighted by atomic mass is 10.0. The van der Waals surface area contributed by atoms with E-state index in [1.54, 1.807) is 0 Å². The zero-order valence-electron chi connectivity index (χ0n) is 13.1. The van der Waals surface area contributed by atoms with E-state index in [4.69, 9.17) is 5.11 Å². The molecule has 0 aromatic heterocycles. The standard InChI is InChI=1S/C17H29NOS/c1-4-11-18-17(13-20-14(3)10-12-19)16-8-6-15(5-2)7-9-16/h6-9,14,17-19H,4-5,10-13H2,1-3H3. The molecule has 2 atom stereocenters. The minimum Gasteiger partial charge on any atom is -0.396 e. The normalized spacial score (nSPS) is 14.2. The molecule has 1 aromatic rings. The first-order valence-electron chi connectivity index (χ1n) is 7.75. The fourth-order valence-electron chi connectivity index (χ4n) is 2.10. The summed E-state index contributed by atoms with van der Waals surface area (Å²) < 4.78 is 0. The lowest BCUT2D eigenvalue weighted by molar-refractivity contribution is 0.289. The van der Waals surface area contributed by atoms with Gasteiger partial charge in [0.25, 0.3) is 0 Å². The fourth-order valence-corrected chi connectivity index (χ4v) is 3.21. The highest BCUT2D eigenvalue weighted by Gasteiger charge is 2.12. The molecule has 114 valence electrons. The third-order valence-corrected chi connectivity index (χ3v) is 4.84. The van der Waals surface area contributed by atoms with Crippen LogP contribution in [0.5, 0.6) is 0 Å². The van der Waals surface area contributed by atoms with Gasteiger partial charge in [-0.05, 0) is 36.9 Å². The van der Waals surface area contributed by atoms with Gasteiger partial charge in [-0.1, -0.05) is 45.0 Å². The van der Waals surface area contributed by atoms with Crippen molar-refractivity contribution in [3.8, 4) is 0 Å². The Balaban J connectivity index is 2.61. The molecule has 0 saturated carbocycles. The van der Waals surface area contributed by atoms with Gasteiger partial charge in [-0.2, -0.15) is 11.8 Å². The fraction of sp³-hybridized carbons (Fsp3) is 0.647. The van der Waals surface area contributed by atoms with E-state index >= 15 is 0 Å². The molecule has 0 fully saturated rings. The number of thioether (sulfide) groups is 1. The van der Waals surface area contributed by atoms with Gasteiger partial charge in [0.15, 0.2) is 0 Å². The highest BCUT2D eigenvalue weighted by molar-refractivity contribution is 7.99. The summed E-state index contributed by atoms with van der Waals surface area (Å²) in [5, 5.41) is 13.1. The smallest absolute Gasteiger partial charge is 0.0441 e. The molecule has 0 radical (unpaired) electrons. The second kappa shape index (κ2) is 10.3. The number of aryl methyl sites for hydroxylation is 1. The summed E-state index contributed by atoms with van der Waals surface area (Å²) in [4.78, 5) is 0. The molecule has 0 heterocycles. The maximum atomic E-state index is 8.99. The molecule has 0 amide bonds. The van der Waals surface area contributed by atoms with Gasteiger partial charge in [0.05, 0.1) is 0 Å². The third-order valence-electron chi connectivity index (χ3n) is 3.51. The number of hydrogen-bond donors (Lipinski definition) is 2. The molecule has 0 saturated heterocycles. The van der Waals surface area contributed by atoms with Gasteiger partial charge in [0.1, 0.15) is 0 Å². The maximum Gasteiger partial charge on any atom is 0.0441 e. The van der Waals surface area contributed by atoms with E-state index in [2.05, 4.69) is 50.4 Å². The molecule has 20 heavy (non-hydrogen) atoms. The summed E-state index contributed by atoms with van der Waals surface area (Å²) in [7, 11) is 0. The number of aliphatic hydroxyl groups excluding tert-OH is 1. The lowest BCUT2D eigenvalue weighted by Crippen LogP contribution is -2.25. The van der Waals surface area contributed by atoms with Crippen LogP contribution in [0, 0.1) is 0 Å². The summed E-state index contributed by atoms with van der Waals surface area (Å²) in [6.07, 6.45) is 3.12. The minimum absolute atomic E-state index is 0.284. The molecular formula is C17H29NOS. The summed E-state index contributed by atoms with van der Waals surface area (Å²) in [5.41, 5.74) is 2.77. The number of aliphatic hydroxyl groups is 1.